The second kappa shape index (κ2) is 5.25. The average Bonchev–Trinajstić information content (AvgIpc) is 2.80. The predicted octanol–water partition coefficient (Wildman–Crippen LogP) is -0.380. The zero-order valence-corrected chi connectivity index (χ0v) is 10.3. The number of nitrogens with zero attached hydrogens (tertiary/aromatic N) is 3. The van der Waals surface area contributed by atoms with Gasteiger partial charge in [0.25, 0.3) is 10.2 Å². The van der Waals surface area contributed by atoms with E-state index >= 15 is 0 Å². The van der Waals surface area contributed by atoms with Crippen molar-refractivity contribution in [2.75, 3.05) is 0 Å². The molecule has 1 aromatic heterocycles. The molecule has 0 saturated heterocycles. The lowest BCUT2D eigenvalue weighted by molar-refractivity contribution is 0.583. The van der Waals surface area contributed by atoms with Crippen LogP contribution in [-0.2, 0) is 23.3 Å². The number of rotatable bonds is 5. The van der Waals surface area contributed by atoms with Crippen molar-refractivity contribution in [1.82, 2.24) is 19.5 Å². The van der Waals surface area contributed by atoms with E-state index in [4.69, 9.17) is 5.14 Å². The van der Waals surface area contributed by atoms with Gasteiger partial charge in [0, 0.05) is 6.54 Å². The summed E-state index contributed by atoms with van der Waals surface area (Å²) in [7, 11) is -3.65. The molecule has 2 rings (SSSR count). The standard InChI is InChI=1S/C10H13N5O2S/c11-18(16,17)14-5-9-1-3-10(4-2-9)6-15-8-12-7-13-15/h1-4,7-8,14H,5-6H2,(H2,11,16,17). The van der Waals surface area contributed by atoms with Crippen LogP contribution in [0.3, 0.4) is 0 Å². The maximum atomic E-state index is 10.7. The molecule has 0 spiro atoms. The van der Waals surface area contributed by atoms with Gasteiger partial charge < -0.3 is 0 Å². The van der Waals surface area contributed by atoms with E-state index in [1.54, 1.807) is 11.0 Å². The Morgan fingerprint density at radius 2 is 1.89 bits per heavy atom. The van der Waals surface area contributed by atoms with Gasteiger partial charge in [0.1, 0.15) is 12.7 Å². The summed E-state index contributed by atoms with van der Waals surface area (Å²) >= 11 is 0. The van der Waals surface area contributed by atoms with E-state index in [1.165, 1.54) is 6.33 Å². The Balaban J connectivity index is 1.97. The fourth-order valence-corrected chi connectivity index (χ4v) is 1.82. The second-order valence-corrected chi connectivity index (χ2v) is 5.15. The zero-order valence-electron chi connectivity index (χ0n) is 9.52. The van der Waals surface area contributed by atoms with Crippen LogP contribution >= 0.6 is 0 Å². The molecule has 0 bridgehead atoms. The lowest BCUT2D eigenvalue weighted by atomic mass is 10.1. The van der Waals surface area contributed by atoms with Gasteiger partial charge in [-0.3, -0.25) is 0 Å². The van der Waals surface area contributed by atoms with Crippen molar-refractivity contribution in [3.63, 3.8) is 0 Å². The first-order valence-electron chi connectivity index (χ1n) is 5.20. The van der Waals surface area contributed by atoms with Gasteiger partial charge in [-0.25, -0.2) is 14.8 Å². The lowest BCUT2D eigenvalue weighted by Crippen LogP contribution is -2.30. The molecule has 8 heteroatoms. The molecule has 0 atom stereocenters. The van der Waals surface area contributed by atoms with E-state index < -0.39 is 10.2 Å². The van der Waals surface area contributed by atoms with Crippen LogP contribution in [0.25, 0.3) is 0 Å². The number of nitrogens with two attached hydrogens (primary N) is 1. The molecular weight excluding hydrogens is 254 g/mol. The molecule has 2 aromatic rings. The Labute approximate surface area is 105 Å². The third kappa shape index (κ3) is 3.91. The molecule has 96 valence electrons. The number of hydrogen-bond donors (Lipinski definition) is 2. The van der Waals surface area contributed by atoms with Crippen LogP contribution in [0.2, 0.25) is 0 Å². The van der Waals surface area contributed by atoms with Crippen molar-refractivity contribution < 1.29 is 8.42 Å². The maximum Gasteiger partial charge on any atom is 0.274 e. The third-order valence-corrected chi connectivity index (χ3v) is 2.86. The minimum Gasteiger partial charge on any atom is -0.249 e. The van der Waals surface area contributed by atoms with Crippen LogP contribution in [0.4, 0.5) is 0 Å². The van der Waals surface area contributed by atoms with Gasteiger partial charge in [-0.1, -0.05) is 24.3 Å². The molecule has 18 heavy (non-hydrogen) atoms. The molecule has 0 radical (unpaired) electrons. The fourth-order valence-electron chi connectivity index (χ4n) is 1.45. The summed E-state index contributed by atoms with van der Waals surface area (Å²) in [4.78, 5) is 3.85. The molecule has 3 N–H and O–H groups in total. The van der Waals surface area contributed by atoms with Crippen molar-refractivity contribution in [1.29, 1.82) is 0 Å². The van der Waals surface area contributed by atoms with Gasteiger partial charge in [0.2, 0.25) is 0 Å². The molecular formula is C10H13N5O2S. The summed E-state index contributed by atoms with van der Waals surface area (Å²) in [5.74, 6) is 0. The Morgan fingerprint density at radius 1 is 1.22 bits per heavy atom. The van der Waals surface area contributed by atoms with Crippen LogP contribution < -0.4 is 9.86 Å². The highest BCUT2D eigenvalue weighted by Gasteiger charge is 2.01. The summed E-state index contributed by atoms with van der Waals surface area (Å²) < 4.78 is 25.4. The average molecular weight is 267 g/mol. The first-order chi connectivity index (χ1) is 8.53. The number of benzene rings is 1. The van der Waals surface area contributed by atoms with Gasteiger partial charge >= 0.3 is 0 Å². The highest BCUT2D eigenvalue weighted by atomic mass is 32.2. The van der Waals surface area contributed by atoms with Crippen LogP contribution in [0.15, 0.2) is 36.9 Å². The van der Waals surface area contributed by atoms with Crippen LogP contribution in [0, 0.1) is 0 Å². The highest BCUT2D eigenvalue weighted by molar-refractivity contribution is 7.87. The Morgan fingerprint density at radius 3 is 2.44 bits per heavy atom. The first kappa shape index (κ1) is 12.7. The maximum absolute atomic E-state index is 10.7. The van der Waals surface area contributed by atoms with Crippen molar-refractivity contribution in [2.24, 2.45) is 5.14 Å². The fraction of sp³-hybridized carbons (Fsp3) is 0.200. The van der Waals surface area contributed by atoms with Crippen molar-refractivity contribution in [3.8, 4) is 0 Å². The molecule has 0 amide bonds. The predicted molar refractivity (Wildman–Crippen MR) is 65.5 cm³/mol. The minimum absolute atomic E-state index is 0.183. The van der Waals surface area contributed by atoms with Gasteiger partial charge in [-0.05, 0) is 11.1 Å². The third-order valence-electron chi connectivity index (χ3n) is 2.31. The second-order valence-electron chi connectivity index (χ2n) is 3.78. The lowest BCUT2D eigenvalue weighted by Gasteiger charge is -2.04. The smallest absolute Gasteiger partial charge is 0.249 e. The van der Waals surface area contributed by atoms with E-state index in [0.717, 1.165) is 11.1 Å². The molecule has 0 unspecified atom stereocenters. The van der Waals surface area contributed by atoms with Crippen LogP contribution in [0.1, 0.15) is 11.1 Å². The summed E-state index contributed by atoms with van der Waals surface area (Å²) in [6.07, 6.45) is 3.11. The number of nitrogens with one attached hydrogen (secondary N) is 1. The minimum atomic E-state index is -3.65. The van der Waals surface area contributed by atoms with Crippen molar-refractivity contribution >= 4 is 10.2 Å². The Hall–Kier alpha value is -1.77. The number of aromatic nitrogens is 3. The van der Waals surface area contributed by atoms with E-state index in [2.05, 4.69) is 14.8 Å². The monoisotopic (exact) mass is 267 g/mol. The largest absolute Gasteiger partial charge is 0.274 e. The van der Waals surface area contributed by atoms with Gasteiger partial charge in [-0.2, -0.15) is 18.2 Å². The molecule has 1 heterocycles. The zero-order chi connectivity index (χ0) is 13.0. The molecule has 1 aromatic carbocycles. The van der Waals surface area contributed by atoms with E-state index in [-0.39, 0.29) is 6.54 Å². The quantitative estimate of drug-likeness (QED) is 0.770. The van der Waals surface area contributed by atoms with E-state index in [9.17, 15) is 8.42 Å². The molecule has 0 fully saturated rings. The van der Waals surface area contributed by atoms with Crippen LogP contribution in [-0.4, -0.2) is 23.2 Å². The molecule has 0 saturated carbocycles. The Kier molecular flexibility index (Phi) is 3.70. The van der Waals surface area contributed by atoms with E-state index in [0.29, 0.717) is 6.54 Å². The molecule has 0 aliphatic heterocycles. The summed E-state index contributed by atoms with van der Waals surface area (Å²) in [6.45, 7) is 0.811. The molecule has 0 aliphatic carbocycles. The molecule has 7 nitrogen and oxygen atoms in total. The SMILES string of the molecule is NS(=O)(=O)NCc1ccc(Cn2cncn2)cc1. The summed E-state index contributed by atoms with van der Waals surface area (Å²) in [5.41, 5.74) is 1.89. The highest BCUT2D eigenvalue weighted by Crippen LogP contribution is 2.05. The molecule has 0 aliphatic rings. The van der Waals surface area contributed by atoms with Crippen molar-refractivity contribution in [3.05, 3.63) is 48.0 Å². The number of hydrogen-bond acceptors (Lipinski definition) is 4. The van der Waals surface area contributed by atoms with Crippen molar-refractivity contribution in [2.45, 2.75) is 13.1 Å². The summed E-state index contributed by atoms with van der Waals surface area (Å²) in [5, 5.41) is 8.85. The topological polar surface area (TPSA) is 103 Å². The Bertz CT molecular complexity index is 592. The van der Waals surface area contributed by atoms with Gasteiger partial charge in [0.05, 0.1) is 6.54 Å². The van der Waals surface area contributed by atoms with Crippen LogP contribution in [0.5, 0.6) is 0 Å². The van der Waals surface area contributed by atoms with Gasteiger partial charge in [0.15, 0.2) is 0 Å². The first-order valence-corrected chi connectivity index (χ1v) is 6.75. The van der Waals surface area contributed by atoms with E-state index in [1.807, 2.05) is 24.3 Å². The normalized spacial score (nSPS) is 11.6. The summed E-state index contributed by atoms with van der Waals surface area (Å²) in [6, 6.07) is 7.48. The van der Waals surface area contributed by atoms with Gasteiger partial charge in [-0.15, -0.1) is 0 Å².